The number of hydrogen-bond donors (Lipinski definition) is 2. The first-order chi connectivity index (χ1) is 8.69. The van der Waals surface area contributed by atoms with Crippen LogP contribution in [0.3, 0.4) is 0 Å². The Kier molecular flexibility index (Phi) is 4.86. The molecule has 5 heteroatoms. The Hall–Kier alpha value is -1.65. The van der Waals surface area contributed by atoms with Crippen molar-refractivity contribution in [1.29, 1.82) is 0 Å². The van der Waals surface area contributed by atoms with Gasteiger partial charge in [-0.05, 0) is 30.7 Å². The first kappa shape index (κ1) is 15.4. The van der Waals surface area contributed by atoms with Crippen molar-refractivity contribution in [1.82, 2.24) is 9.97 Å². The fraction of sp³-hybridized carbons (Fsp3) is 0.643. The van der Waals surface area contributed by atoms with Gasteiger partial charge in [-0.25, -0.2) is 14.8 Å². The molecule has 0 atom stereocenters. The van der Waals surface area contributed by atoms with E-state index in [1.165, 1.54) is 6.07 Å². The first-order valence-electron chi connectivity index (χ1n) is 6.52. The maximum Gasteiger partial charge on any atom is 0.354 e. The van der Waals surface area contributed by atoms with E-state index in [-0.39, 0.29) is 11.1 Å². The van der Waals surface area contributed by atoms with Crippen molar-refractivity contribution in [2.24, 2.45) is 11.3 Å². The van der Waals surface area contributed by atoms with Crippen molar-refractivity contribution in [2.75, 3.05) is 11.9 Å². The zero-order valence-corrected chi connectivity index (χ0v) is 12.3. The van der Waals surface area contributed by atoms with Crippen LogP contribution in [-0.2, 0) is 0 Å². The third-order valence-electron chi connectivity index (χ3n) is 2.76. The number of aromatic nitrogens is 2. The van der Waals surface area contributed by atoms with Crippen LogP contribution >= 0.6 is 0 Å². The van der Waals surface area contributed by atoms with Gasteiger partial charge < -0.3 is 10.4 Å². The summed E-state index contributed by atoms with van der Waals surface area (Å²) < 4.78 is 0. The first-order valence-corrected chi connectivity index (χ1v) is 6.52. The molecule has 19 heavy (non-hydrogen) atoms. The van der Waals surface area contributed by atoms with E-state index in [1.807, 2.05) is 0 Å². The van der Waals surface area contributed by atoms with Crippen LogP contribution in [0.1, 0.15) is 50.3 Å². The Morgan fingerprint density at radius 2 is 2.05 bits per heavy atom. The molecule has 2 N–H and O–H groups in total. The van der Waals surface area contributed by atoms with Gasteiger partial charge in [-0.1, -0.05) is 27.7 Å². The third kappa shape index (κ3) is 5.24. The summed E-state index contributed by atoms with van der Waals surface area (Å²) in [6, 6.07) is 1.47. The van der Waals surface area contributed by atoms with E-state index in [4.69, 9.17) is 5.11 Å². The molecule has 0 radical (unpaired) electrons. The summed E-state index contributed by atoms with van der Waals surface area (Å²) in [5.74, 6) is -0.0333. The number of nitrogens with one attached hydrogen (secondary N) is 1. The molecular weight excluding hydrogens is 242 g/mol. The van der Waals surface area contributed by atoms with Crippen LogP contribution in [0.5, 0.6) is 0 Å². The summed E-state index contributed by atoms with van der Waals surface area (Å²) in [6.45, 7) is 11.2. The van der Waals surface area contributed by atoms with E-state index < -0.39 is 5.97 Å². The van der Waals surface area contributed by atoms with Crippen LogP contribution in [0.4, 0.5) is 5.95 Å². The van der Waals surface area contributed by atoms with E-state index in [2.05, 4.69) is 43.0 Å². The largest absolute Gasteiger partial charge is 0.477 e. The minimum absolute atomic E-state index is 0.0247. The molecule has 1 aromatic rings. The highest BCUT2D eigenvalue weighted by Crippen LogP contribution is 2.25. The van der Waals surface area contributed by atoms with Crippen molar-refractivity contribution in [3.05, 3.63) is 17.5 Å². The number of nitrogens with zero attached hydrogens (tertiary/aromatic N) is 2. The number of carbonyl (C=O) groups is 1. The monoisotopic (exact) mass is 265 g/mol. The molecule has 1 aromatic heterocycles. The smallest absolute Gasteiger partial charge is 0.354 e. The minimum Gasteiger partial charge on any atom is -0.477 e. The van der Waals surface area contributed by atoms with Crippen LogP contribution in [0, 0.1) is 18.3 Å². The second kappa shape index (κ2) is 5.99. The highest BCUT2D eigenvalue weighted by molar-refractivity contribution is 5.85. The number of aryl methyl sites for hydroxylation is 1. The van der Waals surface area contributed by atoms with E-state index in [0.717, 1.165) is 6.42 Å². The highest BCUT2D eigenvalue weighted by Gasteiger charge is 2.20. The van der Waals surface area contributed by atoms with Crippen molar-refractivity contribution in [3.8, 4) is 0 Å². The number of rotatable bonds is 6. The van der Waals surface area contributed by atoms with Crippen LogP contribution < -0.4 is 5.32 Å². The van der Waals surface area contributed by atoms with Gasteiger partial charge in [0.05, 0.1) is 0 Å². The molecule has 0 spiro atoms. The Morgan fingerprint density at radius 3 is 2.58 bits per heavy atom. The molecule has 0 saturated heterocycles. The Balaban J connectivity index is 2.75. The van der Waals surface area contributed by atoms with Crippen LogP contribution in [-0.4, -0.2) is 27.6 Å². The molecule has 0 fully saturated rings. The summed E-state index contributed by atoms with van der Waals surface area (Å²) in [5, 5.41) is 12.1. The predicted octanol–water partition coefficient (Wildman–Crippen LogP) is 2.97. The molecule has 0 aliphatic heterocycles. The molecule has 5 nitrogen and oxygen atoms in total. The second-order valence-corrected chi connectivity index (χ2v) is 6.14. The Labute approximate surface area is 114 Å². The number of carboxylic acid groups (broad SMARTS) is 1. The summed E-state index contributed by atoms with van der Waals surface area (Å²) in [5.41, 5.74) is 0.790. The normalized spacial score (nSPS) is 11.7. The molecule has 1 rings (SSSR count). The lowest BCUT2D eigenvalue weighted by molar-refractivity contribution is 0.0690. The number of carboxylic acids is 1. The van der Waals surface area contributed by atoms with Crippen LogP contribution in [0.15, 0.2) is 6.07 Å². The van der Waals surface area contributed by atoms with E-state index >= 15 is 0 Å². The maximum atomic E-state index is 10.9. The summed E-state index contributed by atoms with van der Waals surface area (Å²) in [7, 11) is 0. The Bertz CT molecular complexity index is 456. The zero-order valence-electron chi connectivity index (χ0n) is 12.3. The average molecular weight is 265 g/mol. The standard InChI is InChI=1S/C14H23N3O2/c1-9(2)7-14(4,5)8-15-13-16-10(3)6-11(17-13)12(18)19/h6,9H,7-8H2,1-5H3,(H,18,19)(H,15,16,17). The van der Waals surface area contributed by atoms with E-state index in [9.17, 15) is 4.79 Å². The molecule has 0 unspecified atom stereocenters. The molecule has 0 bridgehead atoms. The van der Waals surface area contributed by atoms with Crippen molar-refractivity contribution in [2.45, 2.75) is 41.0 Å². The Morgan fingerprint density at radius 1 is 1.42 bits per heavy atom. The maximum absolute atomic E-state index is 10.9. The van der Waals surface area contributed by atoms with Crippen LogP contribution in [0.25, 0.3) is 0 Å². The number of aromatic carboxylic acids is 1. The molecule has 0 saturated carbocycles. The summed E-state index contributed by atoms with van der Waals surface area (Å²) in [6.07, 6.45) is 1.08. The summed E-state index contributed by atoms with van der Waals surface area (Å²) >= 11 is 0. The molecular formula is C14H23N3O2. The fourth-order valence-electron chi connectivity index (χ4n) is 2.25. The van der Waals surface area contributed by atoms with E-state index in [0.29, 0.717) is 24.1 Å². The lowest BCUT2D eigenvalue weighted by Crippen LogP contribution is -2.26. The van der Waals surface area contributed by atoms with E-state index in [1.54, 1.807) is 6.92 Å². The highest BCUT2D eigenvalue weighted by atomic mass is 16.4. The molecule has 0 amide bonds. The van der Waals surface area contributed by atoms with Gasteiger partial charge in [0.25, 0.3) is 0 Å². The van der Waals surface area contributed by atoms with Gasteiger partial charge in [-0.2, -0.15) is 0 Å². The van der Waals surface area contributed by atoms with Gasteiger partial charge in [0, 0.05) is 12.2 Å². The van der Waals surface area contributed by atoms with Gasteiger partial charge in [0.2, 0.25) is 5.95 Å². The average Bonchev–Trinajstić information content (AvgIpc) is 2.24. The van der Waals surface area contributed by atoms with Gasteiger partial charge in [0.1, 0.15) is 0 Å². The number of anilines is 1. The molecule has 0 aliphatic rings. The molecule has 106 valence electrons. The van der Waals surface area contributed by atoms with Gasteiger partial charge in [-0.3, -0.25) is 0 Å². The lowest BCUT2D eigenvalue weighted by atomic mass is 9.84. The fourth-order valence-corrected chi connectivity index (χ4v) is 2.25. The van der Waals surface area contributed by atoms with Crippen LogP contribution in [0.2, 0.25) is 0 Å². The molecule has 0 aromatic carbocycles. The predicted molar refractivity (Wildman–Crippen MR) is 75.5 cm³/mol. The summed E-state index contributed by atoms with van der Waals surface area (Å²) in [4.78, 5) is 19.1. The topological polar surface area (TPSA) is 75.1 Å². The third-order valence-corrected chi connectivity index (χ3v) is 2.76. The van der Waals surface area contributed by atoms with Gasteiger partial charge in [0.15, 0.2) is 5.69 Å². The number of hydrogen-bond acceptors (Lipinski definition) is 4. The quantitative estimate of drug-likeness (QED) is 0.827. The minimum atomic E-state index is -1.03. The zero-order chi connectivity index (χ0) is 14.6. The van der Waals surface area contributed by atoms with Crippen molar-refractivity contribution >= 4 is 11.9 Å². The lowest BCUT2D eigenvalue weighted by Gasteiger charge is -2.27. The van der Waals surface area contributed by atoms with Crippen molar-refractivity contribution in [3.63, 3.8) is 0 Å². The molecule has 0 aliphatic carbocycles. The van der Waals surface area contributed by atoms with Gasteiger partial charge in [-0.15, -0.1) is 0 Å². The molecule has 1 heterocycles. The van der Waals surface area contributed by atoms with Crippen molar-refractivity contribution < 1.29 is 9.90 Å². The SMILES string of the molecule is Cc1cc(C(=O)O)nc(NCC(C)(C)CC(C)C)n1. The second-order valence-electron chi connectivity index (χ2n) is 6.14. The van der Waals surface area contributed by atoms with Gasteiger partial charge >= 0.3 is 5.97 Å².